The summed E-state index contributed by atoms with van der Waals surface area (Å²) in [7, 11) is 3.20. The van der Waals surface area contributed by atoms with Gasteiger partial charge in [0.2, 0.25) is 0 Å². The fourth-order valence-electron chi connectivity index (χ4n) is 2.84. The van der Waals surface area contributed by atoms with E-state index in [0.29, 0.717) is 16.9 Å². The van der Waals surface area contributed by atoms with Crippen molar-refractivity contribution in [1.82, 2.24) is 24.9 Å². The number of amides is 2. The fourth-order valence-corrected chi connectivity index (χ4v) is 2.84. The zero-order valence-corrected chi connectivity index (χ0v) is 15.1. The highest BCUT2D eigenvalue weighted by molar-refractivity contribution is 6.09. The lowest BCUT2D eigenvalue weighted by Crippen LogP contribution is -2.22. The lowest BCUT2D eigenvalue weighted by molar-refractivity contribution is 0.0958. The molecular formula is C18H20N6O2. The minimum absolute atomic E-state index is 0.161. The van der Waals surface area contributed by atoms with Gasteiger partial charge in [-0.05, 0) is 26.0 Å². The molecule has 0 atom stereocenters. The van der Waals surface area contributed by atoms with E-state index in [1.165, 1.54) is 11.7 Å². The summed E-state index contributed by atoms with van der Waals surface area (Å²) < 4.78 is 3.21. The molecule has 26 heavy (non-hydrogen) atoms. The predicted octanol–water partition coefficient (Wildman–Crippen LogP) is 1.83. The Morgan fingerprint density at radius 3 is 2.38 bits per heavy atom. The van der Waals surface area contributed by atoms with E-state index in [1.54, 1.807) is 24.9 Å². The van der Waals surface area contributed by atoms with Crippen LogP contribution in [0.15, 0.2) is 36.5 Å². The highest BCUT2D eigenvalue weighted by Crippen LogP contribution is 2.20. The van der Waals surface area contributed by atoms with Crippen molar-refractivity contribution < 1.29 is 9.59 Å². The molecule has 0 fully saturated rings. The number of para-hydroxylation sites is 1. The maximum absolute atomic E-state index is 12.8. The molecule has 2 heterocycles. The van der Waals surface area contributed by atoms with Crippen molar-refractivity contribution >= 4 is 17.5 Å². The van der Waals surface area contributed by atoms with Crippen LogP contribution in [0.5, 0.6) is 0 Å². The maximum Gasteiger partial charge on any atom is 0.273 e. The van der Waals surface area contributed by atoms with Crippen LogP contribution >= 0.6 is 0 Å². The lowest BCUT2D eigenvalue weighted by Gasteiger charge is -2.06. The van der Waals surface area contributed by atoms with Gasteiger partial charge in [0.05, 0.1) is 28.3 Å². The molecule has 0 spiro atoms. The Balaban J connectivity index is 1.95. The predicted molar refractivity (Wildman–Crippen MR) is 97.6 cm³/mol. The average molecular weight is 352 g/mol. The third kappa shape index (κ3) is 3.08. The van der Waals surface area contributed by atoms with Crippen LogP contribution in [0.2, 0.25) is 0 Å². The molecule has 2 N–H and O–H groups in total. The molecule has 0 unspecified atom stereocenters. The van der Waals surface area contributed by atoms with Crippen molar-refractivity contribution in [2.45, 2.75) is 13.8 Å². The van der Waals surface area contributed by atoms with Gasteiger partial charge in [0, 0.05) is 20.3 Å². The number of nitrogens with one attached hydrogen (secondary N) is 2. The second-order valence-corrected chi connectivity index (χ2v) is 5.89. The van der Waals surface area contributed by atoms with Gasteiger partial charge in [0.15, 0.2) is 5.69 Å². The number of aromatic nitrogens is 4. The highest BCUT2D eigenvalue weighted by Gasteiger charge is 2.22. The number of benzene rings is 1. The molecule has 8 heteroatoms. The van der Waals surface area contributed by atoms with Gasteiger partial charge in [0.1, 0.15) is 0 Å². The molecule has 0 saturated heterocycles. The van der Waals surface area contributed by atoms with Crippen LogP contribution in [0, 0.1) is 13.8 Å². The summed E-state index contributed by atoms with van der Waals surface area (Å²) in [4.78, 5) is 24.8. The SMILES string of the molecule is CNC(=O)c1nn(C)cc1NC(=O)c1c(C)nn(-c2ccccc2)c1C. The van der Waals surface area contributed by atoms with Gasteiger partial charge in [-0.15, -0.1) is 0 Å². The van der Waals surface area contributed by atoms with E-state index < -0.39 is 0 Å². The number of hydrogen-bond donors (Lipinski definition) is 2. The third-order valence-corrected chi connectivity index (χ3v) is 4.04. The molecule has 0 aliphatic carbocycles. The lowest BCUT2D eigenvalue weighted by atomic mass is 10.1. The van der Waals surface area contributed by atoms with Crippen LogP contribution in [-0.2, 0) is 7.05 Å². The first-order valence-electron chi connectivity index (χ1n) is 8.11. The van der Waals surface area contributed by atoms with Gasteiger partial charge in [0.25, 0.3) is 11.8 Å². The standard InChI is InChI=1S/C18H20N6O2/c1-11-15(12(2)24(21-11)13-8-6-5-7-9-13)17(25)20-14-10-23(4)22-16(14)18(26)19-3/h5-10H,1-4H3,(H,19,26)(H,20,25). The summed E-state index contributed by atoms with van der Waals surface area (Å²) in [6.45, 7) is 3.62. The number of aryl methyl sites for hydroxylation is 2. The Morgan fingerprint density at radius 1 is 1.04 bits per heavy atom. The molecule has 134 valence electrons. The normalized spacial score (nSPS) is 10.6. The van der Waals surface area contributed by atoms with E-state index in [0.717, 1.165) is 11.4 Å². The number of nitrogens with zero attached hydrogens (tertiary/aromatic N) is 4. The first-order chi connectivity index (χ1) is 12.4. The summed E-state index contributed by atoms with van der Waals surface area (Å²) in [5.41, 5.74) is 3.18. The molecule has 2 aromatic heterocycles. The molecule has 1 aromatic carbocycles. The van der Waals surface area contributed by atoms with Gasteiger partial charge >= 0.3 is 0 Å². The second kappa shape index (κ2) is 6.83. The molecule has 0 aliphatic rings. The number of rotatable bonds is 4. The largest absolute Gasteiger partial charge is 0.354 e. The van der Waals surface area contributed by atoms with Crippen molar-refractivity contribution in [2.75, 3.05) is 12.4 Å². The first-order valence-corrected chi connectivity index (χ1v) is 8.11. The van der Waals surface area contributed by atoms with Crippen molar-refractivity contribution in [3.05, 3.63) is 59.2 Å². The maximum atomic E-state index is 12.8. The fraction of sp³-hybridized carbons (Fsp3) is 0.222. The average Bonchev–Trinajstić information content (AvgIpc) is 3.14. The van der Waals surface area contributed by atoms with E-state index in [1.807, 2.05) is 37.3 Å². The Labute approximate surface area is 150 Å². The molecule has 2 amide bonds. The summed E-state index contributed by atoms with van der Waals surface area (Å²) in [6.07, 6.45) is 1.59. The quantitative estimate of drug-likeness (QED) is 0.749. The van der Waals surface area contributed by atoms with E-state index in [-0.39, 0.29) is 17.5 Å². The first kappa shape index (κ1) is 17.4. The van der Waals surface area contributed by atoms with Crippen LogP contribution in [-0.4, -0.2) is 38.4 Å². The third-order valence-electron chi connectivity index (χ3n) is 4.04. The smallest absolute Gasteiger partial charge is 0.273 e. The molecule has 0 bridgehead atoms. The minimum atomic E-state index is -0.366. The highest BCUT2D eigenvalue weighted by atomic mass is 16.2. The Bertz CT molecular complexity index is 971. The molecule has 0 radical (unpaired) electrons. The van der Waals surface area contributed by atoms with Crippen LogP contribution in [0.1, 0.15) is 32.2 Å². The topological polar surface area (TPSA) is 93.8 Å². The zero-order valence-electron chi connectivity index (χ0n) is 15.1. The van der Waals surface area contributed by atoms with Crippen molar-refractivity contribution in [2.24, 2.45) is 7.05 Å². The number of hydrogen-bond acceptors (Lipinski definition) is 4. The van der Waals surface area contributed by atoms with Gasteiger partial charge in [-0.1, -0.05) is 18.2 Å². The molecule has 3 aromatic rings. The minimum Gasteiger partial charge on any atom is -0.354 e. The molecule has 3 rings (SSSR count). The van der Waals surface area contributed by atoms with Crippen LogP contribution < -0.4 is 10.6 Å². The van der Waals surface area contributed by atoms with E-state index in [4.69, 9.17) is 0 Å². The monoisotopic (exact) mass is 352 g/mol. The second-order valence-electron chi connectivity index (χ2n) is 5.89. The molecule has 0 aliphatic heterocycles. The Kier molecular flexibility index (Phi) is 4.57. The van der Waals surface area contributed by atoms with Gasteiger partial charge < -0.3 is 10.6 Å². The zero-order chi connectivity index (χ0) is 18.8. The Morgan fingerprint density at radius 2 is 1.73 bits per heavy atom. The summed E-state index contributed by atoms with van der Waals surface area (Å²) in [5, 5.41) is 13.9. The number of carbonyl (C=O) groups excluding carboxylic acids is 2. The molecule has 8 nitrogen and oxygen atoms in total. The van der Waals surface area contributed by atoms with Crippen molar-refractivity contribution in [1.29, 1.82) is 0 Å². The van der Waals surface area contributed by atoms with Gasteiger partial charge in [-0.25, -0.2) is 4.68 Å². The molecular weight excluding hydrogens is 332 g/mol. The van der Waals surface area contributed by atoms with Crippen LogP contribution in [0.3, 0.4) is 0 Å². The summed E-state index contributed by atoms with van der Waals surface area (Å²) in [5.74, 6) is -0.699. The van der Waals surface area contributed by atoms with Gasteiger partial charge in [-0.2, -0.15) is 10.2 Å². The van der Waals surface area contributed by atoms with Crippen molar-refractivity contribution in [3.8, 4) is 5.69 Å². The summed E-state index contributed by atoms with van der Waals surface area (Å²) in [6, 6.07) is 9.59. The van der Waals surface area contributed by atoms with E-state index in [2.05, 4.69) is 20.8 Å². The number of carbonyl (C=O) groups is 2. The van der Waals surface area contributed by atoms with Crippen LogP contribution in [0.25, 0.3) is 5.69 Å². The van der Waals surface area contributed by atoms with Crippen molar-refractivity contribution in [3.63, 3.8) is 0 Å². The Hall–Kier alpha value is -3.42. The molecule has 0 saturated carbocycles. The van der Waals surface area contributed by atoms with E-state index >= 15 is 0 Å². The summed E-state index contributed by atoms with van der Waals surface area (Å²) >= 11 is 0. The van der Waals surface area contributed by atoms with Crippen LogP contribution in [0.4, 0.5) is 5.69 Å². The van der Waals surface area contributed by atoms with Gasteiger partial charge in [-0.3, -0.25) is 14.3 Å². The number of anilines is 1. The van der Waals surface area contributed by atoms with E-state index in [9.17, 15) is 9.59 Å².